The smallest absolute Gasteiger partial charge is 0.255 e. The Morgan fingerprint density at radius 1 is 1.29 bits per heavy atom. The molecule has 3 N–H and O–H groups in total. The number of amides is 1. The fourth-order valence-corrected chi connectivity index (χ4v) is 3.44. The van der Waals surface area contributed by atoms with Gasteiger partial charge in [0.25, 0.3) is 5.91 Å². The fraction of sp³-hybridized carbons (Fsp3) is 0.350. The summed E-state index contributed by atoms with van der Waals surface area (Å²) in [4.78, 5) is 14.9. The van der Waals surface area contributed by atoms with Crippen LogP contribution < -0.4 is 15.8 Å². The van der Waals surface area contributed by atoms with Crippen molar-refractivity contribution in [3.8, 4) is 5.75 Å². The molecular weight excluding hydrogens is 421 g/mol. The number of benzene rings is 2. The summed E-state index contributed by atoms with van der Waals surface area (Å²) in [5.74, 6) is 0.206. The summed E-state index contributed by atoms with van der Waals surface area (Å²) >= 11 is 6.05. The fourth-order valence-electron chi connectivity index (χ4n) is 3.27. The van der Waals surface area contributed by atoms with Crippen LogP contribution in [0.15, 0.2) is 36.4 Å². The lowest BCUT2D eigenvalue weighted by Gasteiger charge is -2.33. The molecule has 3 rings (SSSR count). The van der Waals surface area contributed by atoms with Gasteiger partial charge in [-0.05, 0) is 30.5 Å². The molecule has 0 fully saturated rings. The zero-order valence-corrected chi connectivity index (χ0v) is 18.3. The van der Waals surface area contributed by atoms with Crippen LogP contribution in [0.25, 0.3) is 0 Å². The van der Waals surface area contributed by atoms with E-state index in [0.29, 0.717) is 28.6 Å². The Morgan fingerprint density at radius 2 is 1.96 bits per heavy atom. The second-order valence-corrected chi connectivity index (χ2v) is 7.03. The number of anilines is 1. The van der Waals surface area contributed by atoms with Gasteiger partial charge in [-0.25, -0.2) is 0 Å². The molecule has 1 atom stereocenters. The molecule has 0 spiro atoms. The molecule has 0 saturated heterocycles. The molecule has 1 heterocycles. The quantitative estimate of drug-likeness (QED) is 0.682. The summed E-state index contributed by atoms with van der Waals surface area (Å²) in [5, 5.41) is 3.33. The lowest BCUT2D eigenvalue weighted by atomic mass is 9.99. The number of carbonyl (C=O) groups is 1. The third kappa shape index (κ3) is 5.45. The van der Waals surface area contributed by atoms with Gasteiger partial charge in [0.05, 0.1) is 23.4 Å². The second kappa shape index (κ2) is 10.8. The first-order valence-electron chi connectivity index (χ1n) is 8.71. The third-order valence-corrected chi connectivity index (χ3v) is 5.23. The van der Waals surface area contributed by atoms with Gasteiger partial charge in [-0.15, -0.1) is 24.8 Å². The number of rotatable bonds is 5. The first-order valence-corrected chi connectivity index (χ1v) is 9.09. The molecule has 1 amide bonds. The topological polar surface area (TPSA) is 67.6 Å². The van der Waals surface area contributed by atoms with E-state index in [9.17, 15) is 4.79 Å². The van der Waals surface area contributed by atoms with E-state index in [1.165, 1.54) is 18.2 Å². The summed E-state index contributed by atoms with van der Waals surface area (Å²) in [7, 11) is 1.51. The standard InChI is InChI=1S/C20H24ClN3O2.2ClH/c1-13(24-8-7-14-5-3-4-6-15(14)12-24)11-23-20(25)16-9-17(21)18(22)10-19(16)26-2;;/h3-6,9-10,13H,7-8,11-12,22H2,1-2H3,(H,23,25);2*1H. The number of halogens is 3. The molecule has 5 nitrogen and oxygen atoms in total. The highest BCUT2D eigenvalue weighted by molar-refractivity contribution is 6.33. The minimum Gasteiger partial charge on any atom is -0.496 e. The first-order chi connectivity index (χ1) is 12.5. The van der Waals surface area contributed by atoms with Gasteiger partial charge < -0.3 is 15.8 Å². The maximum Gasteiger partial charge on any atom is 0.255 e. The number of methoxy groups -OCH3 is 1. The summed E-state index contributed by atoms with van der Waals surface area (Å²) in [6.07, 6.45) is 1.04. The van der Waals surface area contributed by atoms with Crippen LogP contribution >= 0.6 is 36.4 Å². The Balaban J connectivity index is 0.00000196. The van der Waals surface area contributed by atoms with Crippen LogP contribution in [0.5, 0.6) is 5.75 Å². The first kappa shape index (κ1) is 24.4. The van der Waals surface area contributed by atoms with Crippen LogP contribution in [0.3, 0.4) is 0 Å². The molecule has 8 heteroatoms. The largest absolute Gasteiger partial charge is 0.496 e. The van der Waals surface area contributed by atoms with Crippen LogP contribution in [0.2, 0.25) is 5.02 Å². The minimum absolute atomic E-state index is 0. The van der Waals surface area contributed by atoms with E-state index in [-0.39, 0.29) is 36.8 Å². The summed E-state index contributed by atoms with van der Waals surface area (Å²) in [6.45, 7) is 4.57. The summed E-state index contributed by atoms with van der Waals surface area (Å²) in [5.41, 5.74) is 9.34. The van der Waals surface area contributed by atoms with Crippen molar-refractivity contribution in [1.29, 1.82) is 0 Å². The number of ether oxygens (including phenoxy) is 1. The van der Waals surface area contributed by atoms with Crippen LogP contribution in [0, 0.1) is 0 Å². The number of hydrogen-bond donors (Lipinski definition) is 2. The van der Waals surface area contributed by atoms with Gasteiger partial charge in [0.1, 0.15) is 5.75 Å². The predicted octanol–water partition coefficient (Wildman–Crippen LogP) is 3.95. The zero-order chi connectivity index (χ0) is 18.7. The average Bonchev–Trinajstić information content (AvgIpc) is 2.67. The molecule has 0 saturated carbocycles. The maximum absolute atomic E-state index is 12.6. The van der Waals surface area contributed by atoms with Gasteiger partial charge in [-0.2, -0.15) is 0 Å². The van der Waals surface area contributed by atoms with Crippen molar-refractivity contribution in [3.63, 3.8) is 0 Å². The summed E-state index contributed by atoms with van der Waals surface area (Å²) < 4.78 is 5.25. The van der Waals surface area contributed by atoms with Crippen molar-refractivity contribution >= 4 is 48.0 Å². The van der Waals surface area contributed by atoms with E-state index >= 15 is 0 Å². The van der Waals surface area contributed by atoms with E-state index in [0.717, 1.165) is 19.5 Å². The predicted molar refractivity (Wildman–Crippen MR) is 119 cm³/mol. The SMILES string of the molecule is COc1cc(N)c(Cl)cc1C(=O)NCC(C)N1CCc2ccccc2C1.Cl.Cl. The van der Waals surface area contributed by atoms with Crippen molar-refractivity contribution in [2.24, 2.45) is 0 Å². The number of carbonyl (C=O) groups excluding carboxylic acids is 1. The zero-order valence-electron chi connectivity index (χ0n) is 15.9. The van der Waals surface area contributed by atoms with Gasteiger partial charge in [0.2, 0.25) is 0 Å². The van der Waals surface area contributed by atoms with Crippen LogP contribution in [0.1, 0.15) is 28.4 Å². The van der Waals surface area contributed by atoms with Gasteiger partial charge in [-0.1, -0.05) is 35.9 Å². The molecule has 1 aliphatic heterocycles. The van der Waals surface area contributed by atoms with Crippen LogP contribution in [-0.2, 0) is 13.0 Å². The number of nitrogen functional groups attached to an aromatic ring is 1. The Labute approximate surface area is 183 Å². The summed E-state index contributed by atoms with van der Waals surface area (Å²) in [6, 6.07) is 11.9. The van der Waals surface area contributed by atoms with E-state index in [2.05, 4.69) is 41.4 Å². The monoisotopic (exact) mass is 445 g/mol. The van der Waals surface area contributed by atoms with Crippen molar-refractivity contribution in [1.82, 2.24) is 10.2 Å². The molecule has 0 aliphatic carbocycles. The van der Waals surface area contributed by atoms with E-state index in [1.807, 2.05) is 0 Å². The second-order valence-electron chi connectivity index (χ2n) is 6.62. The van der Waals surface area contributed by atoms with Gasteiger partial charge in [0.15, 0.2) is 0 Å². The Hall–Kier alpha value is -1.66. The normalized spacial score (nSPS) is 14.1. The highest BCUT2D eigenvalue weighted by Crippen LogP contribution is 2.28. The van der Waals surface area contributed by atoms with Crippen molar-refractivity contribution in [2.45, 2.75) is 25.9 Å². The van der Waals surface area contributed by atoms with Crippen LogP contribution in [-0.4, -0.2) is 37.0 Å². The third-order valence-electron chi connectivity index (χ3n) is 4.90. The van der Waals surface area contributed by atoms with Gasteiger partial charge in [-0.3, -0.25) is 9.69 Å². The van der Waals surface area contributed by atoms with E-state index < -0.39 is 0 Å². The number of nitrogens with zero attached hydrogens (tertiary/aromatic N) is 1. The van der Waals surface area contributed by atoms with E-state index in [1.54, 1.807) is 12.1 Å². The maximum atomic E-state index is 12.6. The number of nitrogens with one attached hydrogen (secondary N) is 1. The molecule has 0 bridgehead atoms. The molecule has 1 unspecified atom stereocenters. The van der Waals surface area contributed by atoms with Gasteiger partial charge >= 0.3 is 0 Å². The van der Waals surface area contributed by atoms with E-state index in [4.69, 9.17) is 22.1 Å². The van der Waals surface area contributed by atoms with Crippen molar-refractivity contribution in [3.05, 3.63) is 58.1 Å². The molecular formula is C20H26Cl3N3O2. The van der Waals surface area contributed by atoms with Crippen molar-refractivity contribution in [2.75, 3.05) is 25.9 Å². The Morgan fingerprint density at radius 3 is 2.64 bits per heavy atom. The molecule has 2 aromatic rings. The van der Waals surface area contributed by atoms with Gasteiger partial charge in [0, 0.05) is 31.7 Å². The molecule has 28 heavy (non-hydrogen) atoms. The average molecular weight is 447 g/mol. The van der Waals surface area contributed by atoms with Crippen molar-refractivity contribution < 1.29 is 9.53 Å². The number of fused-ring (bicyclic) bond motifs is 1. The Kier molecular flexibility index (Phi) is 9.37. The molecule has 1 aliphatic rings. The lowest BCUT2D eigenvalue weighted by Crippen LogP contribution is -2.44. The molecule has 2 aromatic carbocycles. The lowest BCUT2D eigenvalue weighted by molar-refractivity contribution is 0.0929. The number of nitrogens with two attached hydrogens (primary N) is 1. The molecule has 0 radical (unpaired) electrons. The molecule has 0 aromatic heterocycles. The number of hydrogen-bond acceptors (Lipinski definition) is 4. The highest BCUT2D eigenvalue weighted by Gasteiger charge is 2.22. The molecule has 154 valence electrons. The highest BCUT2D eigenvalue weighted by atomic mass is 35.5. The Bertz CT molecular complexity index is 817. The minimum atomic E-state index is -0.215. The van der Waals surface area contributed by atoms with Crippen LogP contribution in [0.4, 0.5) is 5.69 Å².